The normalized spacial score (nSPS) is 20.0. The van der Waals surface area contributed by atoms with E-state index in [2.05, 4.69) is 15.3 Å². The number of nitrogens with one attached hydrogen (secondary N) is 1. The fourth-order valence-electron chi connectivity index (χ4n) is 2.92. The highest BCUT2D eigenvalue weighted by Crippen LogP contribution is 2.31. The van der Waals surface area contributed by atoms with Crippen LogP contribution in [0.4, 0.5) is 0 Å². The maximum absolute atomic E-state index is 13.1. The van der Waals surface area contributed by atoms with E-state index in [1.165, 1.54) is 10.5 Å². The smallest absolute Gasteiger partial charge is 0.247 e. The van der Waals surface area contributed by atoms with Gasteiger partial charge in [0.1, 0.15) is 4.90 Å². The molecule has 3 heterocycles. The van der Waals surface area contributed by atoms with Crippen LogP contribution in [0.5, 0.6) is 0 Å². The molecule has 1 N–H and O–H groups in total. The third-order valence-electron chi connectivity index (χ3n) is 4.22. The molecule has 0 aromatic carbocycles. The number of sulfonamides is 1. The summed E-state index contributed by atoms with van der Waals surface area (Å²) in [5.74, 6) is 0. The van der Waals surface area contributed by atoms with Gasteiger partial charge in [0.15, 0.2) is 0 Å². The molecular weight excluding hydrogens is 318 g/mol. The predicted octanol–water partition coefficient (Wildman–Crippen LogP) is 1.01. The zero-order valence-electron chi connectivity index (χ0n) is 13.5. The lowest BCUT2D eigenvalue weighted by atomic mass is 10.1. The molecule has 2 aromatic heterocycles. The van der Waals surface area contributed by atoms with E-state index in [9.17, 15) is 8.42 Å². The highest BCUT2D eigenvalue weighted by Gasteiger charge is 2.38. The molecule has 1 aliphatic rings. The number of morpholine rings is 1. The maximum atomic E-state index is 13.1. The van der Waals surface area contributed by atoms with Crippen LogP contribution < -0.4 is 0 Å². The molecule has 3 rings (SSSR count). The number of rotatable bonds is 4. The summed E-state index contributed by atoms with van der Waals surface area (Å²) in [5.41, 5.74) is 2.34. The summed E-state index contributed by atoms with van der Waals surface area (Å²) < 4.78 is 34.9. The first kappa shape index (κ1) is 16.2. The molecule has 9 heteroatoms. The second-order valence-corrected chi connectivity index (χ2v) is 7.44. The topological polar surface area (TPSA) is 93.1 Å². The minimum Gasteiger partial charge on any atom is -0.378 e. The molecule has 1 atom stereocenters. The number of aryl methyl sites for hydroxylation is 2. The summed E-state index contributed by atoms with van der Waals surface area (Å²) in [6.45, 7) is 7.24. The molecule has 1 fully saturated rings. The molecule has 0 spiro atoms. The van der Waals surface area contributed by atoms with Gasteiger partial charge in [0.25, 0.3) is 0 Å². The first-order valence-electron chi connectivity index (χ1n) is 7.58. The number of aromatic amines is 1. The third-order valence-corrected chi connectivity index (χ3v) is 6.24. The summed E-state index contributed by atoms with van der Waals surface area (Å²) >= 11 is 0. The van der Waals surface area contributed by atoms with Crippen LogP contribution in [0.15, 0.2) is 17.3 Å². The Kier molecular flexibility index (Phi) is 4.26. The monoisotopic (exact) mass is 339 g/mol. The van der Waals surface area contributed by atoms with E-state index < -0.39 is 16.1 Å². The highest BCUT2D eigenvalue weighted by atomic mass is 32.2. The van der Waals surface area contributed by atoms with Crippen molar-refractivity contribution in [1.82, 2.24) is 24.3 Å². The fraction of sp³-hybridized carbons (Fsp3) is 0.571. The van der Waals surface area contributed by atoms with E-state index in [1.54, 1.807) is 17.8 Å². The van der Waals surface area contributed by atoms with Crippen molar-refractivity contribution in [3.63, 3.8) is 0 Å². The van der Waals surface area contributed by atoms with Gasteiger partial charge in [-0.3, -0.25) is 9.78 Å². The Morgan fingerprint density at radius 3 is 2.78 bits per heavy atom. The van der Waals surface area contributed by atoms with E-state index >= 15 is 0 Å². The molecule has 0 saturated carbocycles. The zero-order chi connectivity index (χ0) is 16.6. The Bertz CT molecular complexity index is 795. The van der Waals surface area contributed by atoms with E-state index in [0.29, 0.717) is 32.0 Å². The van der Waals surface area contributed by atoms with Gasteiger partial charge in [0, 0.05) is 13.1 Å². The lowest BCUT2D eigenvalue weighted by Gasteiger charge is -2.34. The van der Waals surface area contributed by atoms with Crippen LogP contribution in [0.25, 0.3) is 0 Å². The average Bonchev–Trinajstić information content (AvgIpc) is 3.13. The maximum Gasteiger partial charge on any atom is 0.247 e. The van der Waals surface area contributed by atoms with Gasteiger partial charge in [0.2, 0.25) is 10.0 Å². The van der Waals surface area contributed by atoms with Crippen molar-refractivity contribution in [2.75, 3.05) is 19.8 Å². The van der Waals surface area contributed by atoms with E-state index in [-0.39, 0.29) is 4.90 Å². The van der Waals surface area contributed by atoms with Gasteiger partial charge < -0.3 is 4.74 Å². The summed E-state index contributed by atoms with van der Waals surface area (Å²) in [4.78, 5) is 0.253. The van der Waals surface area contributed by atoms with Crippen LogP contribution in [0.1, 0.15) is 29.9 Å². The van der Waals surface area contributed by atoms with Crippen molar-refractivity contribution in [2.45, 2.75) is 38.3 Å². The molecule has 1 aliphatic heterocycles. The molecule has 23 heavy (non-hydrogen) atoms. The Labute approximate surface area is 135 Å². The van der Waals surface area contributed by atoms with E-state index in [4.69, 9.17) is 4.74 Å². The fourth-order valence-corrected chi connectivity index (χ4v) is 4.65. The quantitative estimate of drug-likeness (QED) is 0.897. The number of H-pyrrole nitrogens is 1. The van der Waals surface area contributed by atoms with E-state index in [0.717, 1.165) is 11.3 Å². The highest BCUT2D eigenvalue weighted by molar-refractivity contribution is 7.89. The lowest BCUT2D eigenvalue weighted by Crippen LogP contribution is -2.43. The average molecular weight is 339 g/mol. The van der Waals surface area contributed by atoms with Crippen LogP contribution in [0.3, 0.4) is 0 Å². The number of nitrogens with zero attached hydrogens (tertiary/aromatic N) is 4. The zero-order valence-corrected chi connectivity index (χ0v) is 14.3. The first-order valence-corrected chi connectivity index (χ1v) is 9.02. The second-order valence-electron chi connectivity index (χ2n) is 5.58. The minimum atomic E-state index is -3.65. The van der Waals surface area contributed by atoms with Crippen molar-refractivity contribution >= 4 is 10.0 Å². The molecule has 0 radical (unpaired) electrons. The van der Waals surface area contributed by atoms with Crippen LogP contribution in [-0.4, -0.2) is 52.5 Å². The van der Waals surface area contributed by atoms with Gasteiger partial charge in [-0.1, -0.05) is 0 Å². The molecule has 0 unspecified atom stereocenters. The summed E-state index contributed by atoms with van der Waals surface area (Å²) in [5, 5.41) is 11.1. The van der Waals surface area contributed by atoms with Crippen LogP contribution in [0.2, 0.25) is 0 Å². The van der Waals surface area contributed by atoms with Gasteiger partial charge in [0.05, 0.1) is 43.0 Å². The van der Waals surface area contributed by atoms with Gasteiger partial charge in [-0.05, 0) is 26.3 Å². The van der Waals surface area contributed by atoms with Crippen LogP contribution in [0, 0.1) is 13.8 Å². The summed E-state index contributed by atoms with van der Waals surface area (Å²) in [6, 6.07) is -0.402. The molecule has 0 aliphatic carbocycles. The standard InChI is InChI=1S/C14H21N5O3S/c1-4-18-11(3)13(8-16-18)23(20,21)19-5-6-22-9-12(19)14-10(2)7-15-17-14/h7-8,12H,4-6,9H2,1-3H3,(H,15,17)/t12-/m0/s1. The van der Waals surface area contributed by atoms with Crippen molar-refractivity contribution < 1.29 is 13.2 Å². The largest absolute Gasteiger partial charge is 0.378 e. The first-order chi connectivity index (χ1) is 11.0. The molecule has 8 nitrogen and oxygen atoms in total. The van der Waals surface area contributed by atoms with E-state index in [1.807, 2.05) is 13.8 Å². The predicted molar refractivity (Wildman–Crippen MR) is 83.4 cm³/mol. The van der Waals surface area contributed by atoms with Gasteiger partial charge in [-0.2, -0.15) is 14.5 Å². The number of ether oxygens (including phenoxy) is 1. The molecule has 126 valence electrons. The second kappa shape index (κ2) is 6.06. The van der Waals surface area contributed by atoms with Crippen LogP contribution in [-0.2, 0) is 21.3 Å². The number of hydrogen-bond acceptors (Lipinski definition) is 5. The molecule has 0 bridgehead atoms. The van der Waals surface area contributed by atoms with Crippen molar-refractivity contribution in [2.24, 2.45) is 0 Å². The Morgan fingerprint density at radius 1 is 1.39 bits per heavy atom. The minimum absolute atomic E-state index is 0.253. The third kappa shape index (κ3) is 2.68. The molecule has 2 aromatic rings. The Morgan fingerprint density at radius 2 is 2.17 bits per heavy atom. The SMILES string of the molecule is CCn1ncc(S(=O)(=O)N2CCOC[C@H]2c2[nH]ncc2C)c1C. The van der Waals surface area contributed by atoms with Gasteiger partial charge >= 0.3 is 0 Å². The Balaban J connectivity index is 2.02. The van der Waals surface area contributed by atoms with Crippen molar-refractivity contribution in [1.29, 1.82) is 0 Å². The lowest BCUT2D eigenvalue weighted by molar-refractivity contribution is 0.0303. The number of hydrogen-bond donors (Lipinski definition) is 1. The van der Waals surface area contributed by atoms with Crippen molar-refractivity contribution in [3.05, 3.63) is 29.3 Å². The molecule has 0 amide bonds. The van der Waals surface area contributed by atoms with Gasteiger partial charge in [-0.25, -0.2) is 8.42 Å². The summed E-state index contributed by atoms with van der Waals surface area (Å²) in [6.07, 6.45) is 3.12. The van der Waals surface area contributed by atoms with Crippen LogP contribution >= 0.6 is 0 Å². The Hall–Kier alpha value is -1.71. The van der Waals surface area contributed by atoms with Gasteiger partial charge in [-0.15, -0.1) is 0 Å². The summed E-state index contributed by atoms with van der Waals surface area (Å²) in [7, 11) is -3.65. The molecule has 1 saturated heterocycles. The van der Waals surface area contributed by atoms with Crippen molar-refractivity contribution in [3.8, 4) is 0 Å². The number of aromatic nitrogens is 4. The molecular formula is C14H21N5O3S.